The molecular weight excluding hydrogens is 448 g/mol. The monoisotopic (exact) mass is 466 g/mol. The topological polar surface area (TPSA) is 134 Å². The Bertz CT molecular complexity index is 1590. The molecule has 0 atom stereocenters. The maximum Gasteiger partial charge on any atom is 0.327 e. The maximum absolute atomic E-state index is 13.3. The molecule has 1 N–H and O–H groups in total. The molecule has 0 saturated heterocycles. The molecule has 12 heteroatoms. The number of carbonyl (C=O) groups is 2. The molecule has 0 unspecified atom stereocenters. The van der Waals surface area contributed by atoms with Crippen molar-refractivity contribution in [3.8, 4) is 0 Å². The minimum absolute atomic E-state index is 0.229. The van der Waals surface area contributed by atoms with E-state index in [-0.39, 0.29) is 17.1 Å². The number of H-pyrrole nitrogens is 1. The minimum atomic E-state index is -1.30. The molecule has 5 aromatic rings. The molecule has 4 heterocycles. The van der Waals surface area contributed by atoms with Crippen LogP contribution in [0.5, 0.6) is 0 Å². The van der Waals surface area contributed by atoms with Crippen LogP contribution in [-0.2, 0) is 32.7 Å². The third kappa shape index (κ3) is 3.18. The van der Waals surface area contributed by atoms with Crippen molar-refractivity contribution in [1.29, 1.82) is 0 Å². The Labute approximate surface area is 189 Å². The van der Waals surface area contributed by atoms with Crippen LogP contribution in [0.15, 0.2) is 35.4 Å². The van der Waals surface area contributed by atoms with Crippen LogP contribution in [-0.4, -0.2) is 55.7 Å². The number of fused-ring (bicyclic) bond motifs is 4. The summed E-state index contributed by atoms with van der Waals surface area (Å²) in [6, 6.07) is 5.73. The first-order chi connectivity index (χ1) is 15.9. The number of methoxy groups -OCH3 is 2. The highest BCUT2D eigenvalue weighted by molar-refractivity contribution is 7.19. The minimum Gasteiger partial charge on any atom is -0.468 e. The number of ether oxygens (including phenoxy) is 2. The number of aromatic amines is 1. The Balaban J connectivity index is 1.62. The fourth-order valence-electron chi connectivity index (χ4n) is 3.90. The molecule has 0 aliphatic rings. The van der Waals surface area contributed by atoms with Crippen LogP contribution < -0.4 is 5.56 Å². The summed E-state index contributed by atoms with van der Waals surface area (Å²) in [5.74, 6) is -2.82. The van der Waals surface area contributed by atoms with Gasteiger partial charge in [-0.25, -0.2) is 9.67 Å². The van der Waals surface area contributed by atoms with E-state index in [0.717, 1.165) is 27.8 Å². The molecule has 0 spiro atoms. The van der Waals surface area contributed by atoms with Crippen molar-refractivity contribution in [3.63, 3.8) is 0 Å². The van der Waals surface area contributed by atoms with Gasteiger partial charge in [0, 0.05) is 17.8 Å². The van der Waals surface area contributed by atoms with Crippen molar-refractivity contribution in [1.82, 2.24) is 29.5 Å². The first kappa shape index (κ1) is 20.8. The highest BCUT2D eigenvalue weighted by atomic mass is 32.1. The van der Waals surface area contributed by atoms with Gasteiger partial charge < -0.3 is 14.0 Å². The highest BCUT2D eigenvalue weighted by Crippen LogP contribution is 2.34. The van der Waals surface area contributed by atoms with Gasteiger partial charge in [-0.15, -0.1) is 11.3 Å². The zero-order valence-electron chi connectivity index (χ0n) is 17.9. The summed E-state index contributed by atoms with van der Waals surface area (Å²) in [4.78, 5) is 42.1. The van der Waals surface area contributed by atoms with Gasteiger partial charge in [0.1, 0.15) is 10.5 Å². The lowest BCUT2D eigenvalue weighted by atomic mass is 10.1. The molecule has 0 aliphatic heterocycles. The van der Waals surface area contributed by atoms with Gasteiger partial charge >= 0.3 is 11.9 Å². The van der Waals surface area contributed by atoms with E-state index >= 15 is 0 Å². The van der Waals surface area contributed by atoms with Gasteiger partial charge in [0.05, 0.1) is 43.4 Å². The number of hydrogen-bond acceptors (Lipinski definition) is 9. The fraction of sp³-hybridized carbons (Fsp3) is 0.238. The number of hydrogen-bond donors (Lipinski definition) is 1. The Morgan fingerprint density at radius 3 is 2.64 bits per heavy atom. The van der Waals surface area contributed by atoms with E-state index in [1.165, 1.54) is 18.9 Å². The molecule has 0 aliphatic carbocycles. The van der Waals surface area contributed by atoms with Crippen molar-refractivity contribution in [2.24, 2.45) is 7.05 Å². The van der Waals surface area contributed by atoms with E-state index in [1.54, 1.807) is 24.0 Å². The van der Waals surface area contributed by atoms with E-state index in [9.17, 15) is 14.4 Å². The number of rotatable bonds is 5. The molecule has 168 valence electrons. The second-order valence-corrected chi connectivity index (χ2v) is 8.39. The number of esters is 2. The van der Waals surface area contributed by atoms with E-state index in [4.69, 9.17) is 9.47 Å². The molecule has 0 bridgehead atoms. The van der Waals surface area contributed by atoms with Gasteiger partial charge in [-0.1, -0.05) is 12.1 Å². The Morgan fingerprint density at radius 1 is 1.15 bits per heavy atom. The third-order valence-corrected chi connectivity index (χ3v) is 6.70. The zero-order valence-corrected chi connectivity index (χ0v) is 18.7. The number of carbonyl (C=O) groups excluding carboxylic acids is 2. The first-order valence-corrected chi connectivity index (χ1v) is 10.7. The second-order valence-electron chi connectivity index (χ2n) is 7.36. The Kier molecular flexibility index (Phi) is 4.93. The van der Waals surface area contributed by atoms with Crippen LogP contribution >= 0.6 is 11.3 Å². The second kappa shape index (κ2) is 7.81. The molecule has 0 fully saturated rings. The van der Waals surface area contributed by atoms with E-state index in [2.05, 4.69) is 20.3 Å². The van der Waals surface area contributed by atoms with Crippen LogP contribution in [0.4, 0.5) is 0 Å². The van der Waals surface area contributed by atoms with Gasteiger partial charge in [-0.2, -0.15) is 10.2 Å². The van der Waals surface area contributed by atoms with Crippen LogP contribution in [0.1, 0.15) is 16.5 Å². The van der Waals surface area contributed by atoms with Crippen LogP contribution in [0.25, 0.3) is 32.2 Å². The SMILES string of the molecule is COC(=O)C(C(=O)OC)c1nc2c(s1)c1cnn(Cc3cccc4[nH]ncc34)c(=O)c1n2C. The van der Waals surface area contributed by atoms with E-state index in [1.807, 2.05) is 18.2 Å². The quantitative estimate of drug-likeness (QED) is 0.306. The largest absolute Gasteiger partial charge is 0.468 e. The molecule has 1 aromatic carbocycles. The number of nitrogens with zero attached hydrogens (tertiary/aromatic N) is 5. The molecule has 11 nitrogen and oxygen atoms in total. The van der Waals surface area contributed by atoms with Gasteiger partial charge in [-0.05, 0) is 11.6 Å². The standard InChI is InChI=1S/C21H18N6O5S/c1-26-15-12(16-17(26)24-18(33-16)14(20(29)31-2)21(30)32-3)8-23-27(19(15)28)9-10-5-4-6-13-11(10)7-22-25-13/h4-8,14H,9H2,1-3H3,(H,22,25). The summed E-state index contributed by atoms with van der Waals surface area (Å²) >= 11 is 1.13. The number of aryl methyl sites for hydroxylation is 1. The summed E-state index contributed by atoms with van der Waals surface area (Å²) in [6.07, 6.45) is 3.32. The smallest absolute Gasteiger partial charge is 0.327 e. The lowest BCUT2D eigenvalue weighted by Gasteiger charge is -2.09. The van der Waals surface area contributed by atoms with Gasteiger partial charge in [0.25, 0.3) is 5.56 Å². The van der Waals surface area contributed by atoms with Crippen LogP contribution in [0, 0.1) is 0 Å². The van der Waals surface area contributed by atoms with Gasteiger partial charge in [-0.3, -0.25) is 19.5 Å². The van der Waals surface area contributed by atoms with E-state index in [0.29, 0.717) is 21.3 Å². The predicted octanol–water partition coefficient (Wildman–Crippen LogP) is 1.70. The number of benzene rings is 1. The third-order valence-electron chi connectivity index (χ3n) is 5.56. The molecule has 0 amide bonds. The summed E-state index contributed by atoms with van der Waals surface area (Å²) < 4.78 is 13.2. The maximum atomic E-state index is 13.3. The van der Waals surface area contributed by atoms with Crippen molar-refractivity contribution in [3.05, 3.63) is 51.5 Å². The summed E-state index contributed by atoms with van der Waals surface area (Å²) in [5, 5.41) is 13.1. The highest BCUT2D eigenvalue weighted by Gasteiger charge is 2.35. The van der Waals surface area contributed by atoms with Crippen molar-refractivity contribution < 1.29 is 19.1 Å². The van der Waals surface area contributed by atoms with Crippen molar-refractivity contribution in [2.75, 3.05) is 14.2 Å². The number of thiazole rings is 1. The predicted molar refractivity (Wildman–Crippen MR) is 120 cm³/mol. The summed E-state index contributed by atoms with van der Waals surface area (Å²) in [5.41, 5.74) is 2.41. The molecule has 4 aromatic heterocycles. The molecule has 0 radical (unpaired) electrons. The molecular formula is C21H18N6O5S. The molecule has 33 heavy (non-hydrogen) atoms. The Hall–Kier alpha value is -4.06. The first-order valence-electron chi connectivity index (χ1n) is 9.86. The Morgan fingerprint density at radius 2 is 1.91 bits per heavy atom. The van der Waals surface area contributed by atoms with Crippen molar-refractivity contribution >= 4 is 55.4 Å². The summed E-state index contributed by atoms with van der Waals surface area (Å²) in [6.45, 7) is 0.274. The van der Waals surface area contributed by atoms with E-state index < -0.39 is 17.9 Å². The van der Waals surface area contributed by atoms with Crippen LogP contribution in [0.3, 0.4) is 0 Å². The molecule has 0 saturated carbocycles. The van der Waals surface area contributed by atoms with Crippen molar-refractivity contribution in [2.45, 2.75) is 12.5 Å². The lowest BCUT2D eigenvalue weighted by molar-refractivity contribution is -0.154. The van der Waals surface area contributed by atoms with Crippen LogP contribution in [0.2, 0.25) is 0 Å². The molecule has 5 rings (SSSR count). The van der Waals surface area contributed by atoms with Gasteiger partial charge in [0.15, 0.2) is 5.65 Å². The van der Waals surface area contributed by atoms with Gasteiger partial charge in [0.2, 0.25) is 5.92 Å². The zero-order chi connectivity index (χ0) is 23.3. The number of aromatic nitrogens is 6. The average Bonchev–Trinajstić information content (AvgIpc) is 3.52. The number of nitrogens with one attached hydrogen (secondary N) is 1. The normalized spacial score (nSPS) is 11.6. The average molecular weight is 466 g/mol. The fourth-order valence-corrected chi connectivity index (χ4v) is 5.09. The lowest BCUT2D eigenvalue weighted by Crippen LogP contribution is -2.25. The summed E-state index contributed by atoms with van der Waals surface area (Å²) in [7, 11) is 4.09.